The molecule has 1 aromatic carbocycles. The van der Waals surface area contributed by atoms with Gasteiger partial charge in [-0.1, -0.05) is 25.1 Å². The lowest BCUT2D eigenvalue weighted by molar-refractivity contribution is 0.244. The number of para-hydroxylation sites is 1. The zero-order valence-corrected chi connectivity index (χ0v) is 11.5. The number of anilines is 1. The lowest BCUT2D eigenvalue weighted by Crippen LogP contribution is -2.33. The van der Waals surface area contributed by atoms with Crippen molar-refractivity contribution in [1.29, 1.82) is 0 Å². The number of fused-ring (bicyclic) bond motifs is 1. The van der Waals surface area contributed by atoms with Gasteiger partial charge in [-0.05, 0) is 37.3 Å². The summed E-state index contributed by atoms with van der Waals surface area (Å²) in [6.45, 7) is 8.42. The van der Waals surface area contributed by atoms with Crippen molar-refractivity contribution in [2.75, 3.05) is 25.0 Å². The Morgan fingerprint density at radius 1 is 1.28 bits per heavy atom. The van der Waals surface area contributed by atoms with Crippen LogP contribution >= 0.6 is 0 Å². The average Bonchev–Trinajstić information content (AvgIpc) is 2.68. The second kappa shape index (κ2) is 4.93. The van der Waals surface area contributed by atoms with Gasteiger partial charge in [-0.2, -0.15) is 0 Å². The van der Waals surface area contributed by atoms with Gasteiger partial charge >= 0.3 is 0 Å². The first-order valence-corrected chi connectivity index (χ1v) is 7.31. The van der Waals surface area contributed by atoms with E-state index in [4.69, 9.17) is 0 Å². The van der Waals surface area contributed by atoms with E-state index in [1.807, 2.05) is 0 Å². The standard InChI is InChI=1S/C16H24N2/c1-12-9-13(2)18(10-12)11-14-7-8-17-16-6-4-3-5-15(14)16/h3-6,12-14,17H,7-11H2,1-2H3. The third-order valence-corrected chi connectivity index (χ3v) is 4.58. The number of nitrogens with zero attached hydrogens (tertiary/aromatic N) is 1. The Balaban J connectivity index is 1.74. The summed E-state index contributed by atoms with van der Waals surface area (Å²) >= 11 is 0. The minimum Gasteiger partial charge on any atom is -0.385 e. The molecule has 0 spiro atoms. The molecular weight excluding hydrogens is 220 g/mol. The van der Waals surface area contributed by atoms with Gasteiger partial charge in [-0.25, -0.2) is 0 Å². The minimum absolute atomic E-state index is 0.718. The number of rotatable bonds is 2. The Morgan fingerprint density at radius 2 is 2.11 bits per heavy atom. The fraction of sp³-hybridized carbons (Fsp3) is 0.625. The highest BCUT2D eigenvalue weighted by molar-refractivity contribution is 5.54. The van der Waals surface area contributed by atoms with Crippen LogP contribution in [0.2, 0.25) is 0 Å². The molecule has 0 amide bonds. The highest BCUT2D eigenvalue weighted by Crippen LogP contribution is 2.34. The number of hydrogen-bond donors (Lipinski definition) is 1. The Bertz CT molecular complexity index is 415. The Hall–Kier alpha value is -1.02. The minimum atomic E-state index is 0.718. The Labute approximate surface area is 110 Å². The molecule has 1 aromatic rings. The molecule has 98 valence electrons. The highest BCUT2D eigenvalue weighted by Gasteiger charge is 2.29. The summed E-state index contributed by atoms with van der Waals surface area (Å²) in [6.07, 6.45) is 2.64. The predicted molar refractivity (Wildman–Crippen MR) is 77.1 cm³/mol. The fourth-order valence-corrected chi connectivity index (χ4v) is 3.66. The zero-order valence-electron chi connectivity index (χ0n) is 11.5. The van der Waals surface area contributed by atoms with Crippen LogP contribution in [0.15, 0.2) is 24.3 Å². The maximum atomic E-state index is 3.52. The van der Waals surface area contributed by atoms with Crippen LogP contribution in [-0.2, 0) is 0 Å². The monoisotopic (exact) mass is 244 g/mol. The van der Waals surface area contributed by atoms with Crippen molar-refractivity contribution in [2.24, 2.45) is 5.92 Å². The van der Waals surface area contributed by atoms with Crippen molar-refractivity contribution >= 4 is 5.69 Å². The second-order valence-electron chi connectivity index (χ2n) is 6.14. The third-order valence-electron chi connectivity index (χ3n) is 4.58. The van der Waals surface area contributed by atoms with Gasteiger partial charge in [0.25, 0.3) is 0 Å². The summed E-state index contributed by atoms with van der Waals surface area (Å²) in [4.78, 5) is 2.69. The zero-order chi connectivity index (χ0) is 12.5. The molecule has 0 bridgehead atoms. The van der Waals surface area contributed by atoms with Crippen molar-refractivity contribution in [3.8, 4) is 0 Å². The highest BCUT2D eigenvalue weighted by atomic mass is 15.2. The molecule has 3 rings (SSSR count). The molecule has 3 unspecified atom stereocenters. The topological polar surface area (TPSA) is 15.3 Å². The van der Waals surface area contributed by atoms with E-state index in [1.54, 1.807) is 0 Å². The van der Waals surface area contributed by atoms with Gasteiger partial charge in [-0.3, -0.25) is 4.90 Å². The largest absolute Gasteiger partial charge is 0.385 e. The first-order chi connectivity index (χ1) is 8.74. The summed E-state index contributed by atoms with van der Waals surface area (Å²) in [5, 5.41) is 3.52. The molecule has 3 atom stereocenters. The molecule has 2 heterocycles. The second-order valence-corrected chi connectivity index (χ2v) is 6.14. The first kappa shape index (κ1) is 12.0. The number of benzene rings is 1. The number of likely N-dealkylation sites (tertiary alicyclic amines) is 1. The summed E-state index contributed by atoms with van der Waals surface area (Å²) in [5.41, 5.74) is 2.88. The summed E-state index contributed by atoms with van der Waals surface area (Å²) in [6, 6.07) is 9.60. The Kier molecular flexibility index (Phi) is 3.29. The quantitative estimate of drug-likeness (QED) is 0.858. The molecule has 0 aromatic heterocycles. The molecule has 0 saturated carbocycles. The molecular formula is C16H24N2. The van der Waals surface area contributed by atoms with Gasteiger partial charge in [0.15, 0.2) is 0 Å². The fourth-order valence-electron chi connectivity index (χ4n) is 3.66. The van der Waals surface area contributed by atoms with Crippen LogP contribution in [0.1, 0.15) is 38.2 Å². The maximum Gasteiger partial charge on any atom is 0.0376 e. The Morgan fingerprint density at radius 3 is 2.89 bits per heavy atom. The van der Waals surface area contributed by atoms with Crippen molar-refractivity contribution in [1.82, 2.24) is 4.90 Å². The van der Waals surface area contributed by atoms with Crippen LogP contribution in [0, 0.1) is 5.92 Å². The first-order valence-electron chi connectivity index (χ1n) is 7.31. The molecule has 1 fully saturated rings. The summed E-state index contributed by atoms with van der Waals surface area (Å²) in [5.74, 6) is 1.59. The summed E-state index contributed by atoms with van der Waals surface area (Å²) in [7, 11) is 0. The van der Waals surface area contributed by atoms with E-state index >= 15 is 0 Å². The molecule has 1 N–H and O–H groups in total. The van der Waals surface area contributed by atoms with Crippen LogP contribution in [0.5, 0.6) is 0 Å². The SMILES string of the molecule is CC1CC(C)N(CC2CCNc3ccccc32)C1. The van der Waals surface area contributed by atoms with E-state index in [0.29, 0.717) is 0 Å². The molecule has 0 aliphatic carbocycles. The van der Waals surface area contributed by atoms with E-state index in [9.17, 15) is 0 Å². The van der Waals surface area contributed by atoms with Gasteiger partial charge in [0.05, 0.1) is 0 Å². The van der Waals surface area contributed by atoms with E-state index in [0.717, 1.165) is 24.4 Å². The van der Waals surface area contributed by atoms with E-state index < -0.39 is 0 Å². The van der Waals surface area contributed by atoms with Crippen molar-refractivity contribution in [3.05, 3.63) is 29.8 Å². The van der Waals surface area contributed by atoms with Crippen LogP contribution < -0.4 is 5.32 Å². The van der Waals surface area contributed by atoms with Gasteiger partial charge in [0.1, 0.15) is 0 Å². The molecule has 18 heavy (non-hydrogen) atoms. The van der Waals surface area contributed by atoms with Crippen LogP contribution in [0.4, 0.5) is 5.69 Å². The van der Waals surface area contributed by atoms with Crippen LogP contribution in [0.25, 0.3) is 0 Å². The lowest BCUT2D eigenvalue weighted by atomic mass is 9.90. The smallest absolute Gasteiger partial charge is 0.0376 e. The molecule has 2 nitrogen and oxygen atoms in total. The van der Waals surface area contributed by atoms with Gasteiger partial charge in [0.2, 0.25) is 0 Å². The normalized spacial score (nSPS) is 32.0. The maximum absolute atomic E-state index is 3.52. The van der Waals surface area contributed by atoms with E-state index in [2.05, 4.69) is 48.3 Å². The van der Waals surface area contributed by atoms with E-state index in [1.165, 1.54) is 37.2 Å². The third kappa shape index (κ3) is 2.26. The number of nitrogens with one attached hydrogen (secondary N) is 1. The van der Waals surface area contributed by atoms with E-state index in [-0.39, 0.29) is 0 Å². The van der Waals surface area contributed by atoms with Crippen LogP contribution in [-0.4, -0.2) is 30.6 Å². The average molecular weight is 244 g/mol. The molecule has 1 saturated heterocycles. The van der Waals surface area contributed by atoms with Crippen molar-refractivity contribution in [2.45, 2.75) is 38.6 Å². The molecule has 2 aliphatic rings. The van der Waals surface area contributed by atoms with Gasteiger partial charge in [0, 0.05) is 37.3 Å². The van der Waals surface area contributed by atoms with Crippen molar-refractivity contribution in [3.63, 3.8) is 0 Å². The molecule has 2 aliphatic heterocycles. The summed E-state index contributed by atoms with van der Waals surface area (Å²) < 4.78 is 0. The predicted octanol–water partition coefficient (Wildman–Crippen LogP) is 3.32. The van der Waals surface area contributed by atoms with Crippen LogP contribution in [0.3, 0.4) is 0 Å². The van der Waals surface area contributed by atoms with Crippen molar-refractivity contribution < 1.29 is 0 Å². The lowest BCUT2D eigenvalue weighted by Gasteiger charge is -2.32. The molecule has 2 heteroatoms. The van der Waals surface area contributed by atoms with Gasteiger partial charge < -0.3 is 5.32 Å². The van der Waals surface area contributed by atoms with Gasteiger partial charge in [-0.15, -0.1) is 0 Å². The molecule has 0 radical (unpaired) electrons. The number of hydrogen-bond acceptors (Lipinski definition) is 2.